The lowest BCUT2D eigenvalue weighted by Crippen LogP contribution is -1.98. The molecule has 0 aliphatic rings. The van der Waals surface area contributed by atoms with Crippen LogP contribution in [0.5, 0.6) is 0 Å². The normalized spacial score (nSPS) is 11.1. The summed E-state index contributed by atoms with van der Waals surface area (Å²) in [5, 5.41) is 5.88. The van der Waals surface area contributed by atoms with E-state index in [1.165, 1.54) is 10.9 Å². The van der Waals surface area contributed by atoms with Crippen LogP contribution in [0.3, 0.4) is 0 Å². The standard InChI is InChI=1S/C21H19N3/c1-13-10-11-15(22)12-20(13)24-19-9-5-8-18-21(19)14(2)16-6-3-4-7-17(16)23-18/h3-12,24H,22H2,1-2H3. The average Bonchev–Trinajstić information content (AvgIpc) is 2.58. The lowest BCUT2D eigenvalue weighted by Gasteiger charge is -2.15. The van der Waals surface area contributed by atoms with E-state index in [0.29, 0.717) is 0 Å². The number of para-hydroxylation sites is 1. The predicted molar refractivity (Wildman–Crippen MR) is 103 cm³/mol. The molecule has 3 N–H and O–H groups in total. The number of aromatic nitrogens is 1. The van der Waals surface area contributed by atoms with Crippen LogP contribution in [0, 0.1) is 13.8 Å². The fourth-order valence-corrected chi connectivity index (χ4v) is 3.20. The van der Waals surface area contributed by atoms with E-state index in [1.54, 1.807) is 0 Å². The Labute approximate surface area is 141 Å². The molecular weight excluding hydrogens is 294 g/mol. The zero-order valence-electron chi connectivity index (χ0n) is 13.8. The fraction of sp³-hybridized carbons (Fsp3) is 0.0952. The molecule has 4 rings (SSSR count). The smallest absolute Gasteiger partial charge is 0.0733 e. The molecule has 0 bridgehead atoms. The summed E-state index contributed by atoms with van der Waals surface area (Å²) in [5.74, 6) is 0. The minimum Gasteiger partial charge on any atom is -0.399 e. The zero-order chi connectivity index (χ0) is 16.7. The summed E-state index contributed by atoms with van der Waals surface area (Å²) in [6.07, 6.45) is 0. The van der Waals surface area contributed by atoms with E-state index in [4.69, 9.17) is 10.7 Å². The van der Waals surface area contributed by atoms with Crippen molar-refractivity contribution < 1.29 is 0 Å². The number of nitrogens with two attached hydrogens (primary N) is 1. The lowest BCUT2D eigenvalue weighted by atomic mass is 10.0. The third kappa shape index (κ3) is 2.35. The molecule has 3 heteroatoms. The Kier molecular flexibility index (Phi) is 3.35. The second-order valence-electron chi connectivity index (χ2n) is 6.15. The van der Waals surface area contributed by atoms with Gasteiger partial charge in [-0.2, -0.15) is 0 Å². The van der Waals surface area contributed by atoms with Crippen LogP contribution in [0.1, 0.15) is 11.1 Å². The number of nitrogen functional groups attached to an aromatic ring is 1. The van der Waals surface area contributed by atoms with Gasteiger partial charge in [0.25, 0.3) is 0 Å². The van der Waals surface area contributed by atoms with Crippen LogP contribution in [-0.4, -0.2) is 4.98 Å². The summed E-state index contributed by atoms with van der Waals surface area (Å²) in [5.41, 5.74) is 13.2. The first-order valence-electron chi connectivity index (χ1n) is 8.05. The van der Waals surface area contributed by atoms with Gasteiger partial charge >= 0.3 is 0 Å². The molecule has 24 heavy (non-hydrogen) atoms. The second kappa shape index (κ2) is 5.53. The Bertz CT molecular complexity index is 1070. The average molecular weight is 313 g/mol. The molecule has 0 radical (unpaired) electrons. The van der Waals surface area contributed by atoms with E-state index in [-0.39, 0.29) is 0 Å². The molecule has 3 nitrogen and oxygen atoms in total. The first-order valence-corrected chi connectivity index (χ1v) is 8.05. The topological polar surface area (TPSA) is 50.9 Å². The summed E-state index contributed by atoms with van der Waals surface area (Å²) in [7, 11) is 0. The molecule has 0 aliphatic heterocycles. The third-order valence-electron chi connectivity index (χ3n) is 4.50. The van der Waals surface area contributed by atoms with Crippen molar-refractivity contribution in [1.29, 1.82) is 0 Å². The van der Waals surface area contributed by atoms with E-state index in [2.05, 4.69) is 49.5 Å². The van der Waals surface area contributed by atoms with Gasteiger partial charge in [-0.25, -0.2) is 4.98 Å². The first-order chi connectivity index (χ1) is 11.6. The van der Waals surface area contributed by atoms with Crippen molar-refractivity contribution in [2.24, 2.45) is 0 Å². The van der Waals surface area contributed by atoms with E-state index in [9.17, 15) is 0 Å². The van der Waals surface area contributed by atoms with Crippen LogP contribution < -0.4 is 11.1 Å². The highest BCUT2D eigenvalue weighted by molar-refractivity contribution is 6.04. The van der Waals surface area contributed by atoms with E-state index in [0.717, 1.165) is 39.0 Å². The van der Waals surface area contributed by atoms with Crippen molar-refractivity contribution in [3.05, 3.63) is 71.8 Å². The van der Waals surface area contributed by atoms with Crippen molar-refractivity contribution in [2.45, 2.75) is 13.8 Å². The molecule has 0 unspecified atom stereocenters. The number of aryl methyl sites for hydroxylation is 2. The molecule has 0 saturated heterocycles. The molecule has 1 heterocycles. The largest absolute Gasteiger partial charge is 0.399 e. The lowest BCUT2D eigenvalue weighted by molar-refractivity contribution is 1.42. The maximum atomic E-state index is 5.95. The minimum absolute atomic E-state index is 0.753. The zero-order valence-corrected chi connectivity index (χ0v) is 13.8. The molecule has 0 aliphatic carbocycles. The van der Waals surface area contributed by atoms with Gasteiger partial charge in [-0.3, -0.25) is 0 Å². The van der Waals surface area contributed by atoms with Gasteiger partial charge in [-0.15, -0.1) is 0 Å². The second-order valence-corrected chi connectivity index (χ2v) is 6.15. The van der Waals surface area contributed by atoms with Gasteiger partial charge in [-0.1, -0.05) is 30.3 Å². The molecule has 0 amide bonds. The molecule has 3 aromatic carbocycles. The van der Waals surface area contributed by atoms with Gasteiger partial charge in [0.15, 0.2) is 0 Å². The maximum Gasteiger partial charge on any atom is 0.0733 e. The highest BCUT2D eigenvalue weighted by Crippen LogP contribution is 2.33. The number of anilines is 3. The van der Waals surface area contributed by atoms with Crippen molar-refractivity contribution in [3.63, 3.8) is 0 Å². The molecule has 0 saturated carbocycles. The van der Waals surface area contributed by atoms with Crippen molar-refractivity contribution in [3.8, 4) is 0 Å². The Morgan fingerprint density at radius 3 is 2.50 bits per heavy atom. The molecular formula is C21H19N3. The summed E-state index contributed by atoms with van der Waals surface area (Å²) in [4.78, 5) is 4.82. The first kappa shape index (κ1) is 14.5. The molecule has 0 atom stereocenters. The Hall–Kier alpha value is -3.07. The van der Waals surface area contributed by atoms with E-state index < -0.39 is 0 Å². The molecule has 4 aromatic rings. The molecule has 1 aromatic heterocycles. The van der Waals surface area contributed by atoms with Crippen LogP contribution in [0.2, 0.25) is 0 Å². The molecule has 0 fully saturated rings. The van der Waals surface area contributed by atoms with Crippen molar-refractivity contribution in [1.82, 2.24) is 4.98 Å². The van der Waals surface area contributed by atoms with Gasteiger partial charge < -0.3 is 11.1 Å². The molecule has 118 valence electrons. The van der Waals surface area contributed by atoms with Gasteiger partial charge in [0.05, 0.1) is 11.0 Å². The van der Waals surface area contributed by atoms with Crippen molar-refractivity contribution in [2.75, 3.05) is 11.1 Å². The number of rotatable bonds is 2. The number of nitrogens with one attached hydrogen (secondary N) is 1. The molecule has 0 spiro atoms. The van der Waals surface area contributed by atoms with Gasteiger partial charge in [-0.05, 0) is 55.3 Å². The van der Waals surface area contributed by atoms with Crippen LogP contribution in [-0.2, 0) is 0 Å². The Morgan fingerprint density at radius 1 is 0.833 bits per heavy atom. The number of hydrogen-bond acceptors (Lipinski definition) is 3. The number of benzene rings is 3. The predicted octanol–water partition coefficient (Wildman–Crippen LogP) is 5.33. The monoisotopic (exact) mass is 313 g/mol. The highest BCUT2D eigenvalue weighted by atomic mass is 14.9. The minimum atomic E-state index is 0.753. The Balaban J connectivity index is 1.95. The summed E-state index contributed by atoms with van der Waals surface area (Å²) in [6.45, 7) is 4.23. The summed E-state index contributed by atoms with van der Waals surface area (Å²) in [6, 6.07) is 20.4. The summed E-state index contributed by atoms with van der Waals surface area (Å²) >= 11 is 0. The number of pyridine rings is 1. The van der Waals surface area contributed by atoms with Crippen LogP contribution >= 0.6 is 0 Å². The third-order valence-corrected chi connectivity index (χ3v) is 4.50. The van der Waals surface area contributed by atoms with Gasteiger partial charge in [0.1, 0.15) is 0 Å². The van der Waals surface area contributed by atoms with Crippen molar-refractivity contribution >= 4 is 38.9 Å². The summed E-state index contributed by atoms with van der Waals surface area (Å²) < 4.78 is 0. The van der Waals surface area contributed by atoms with Crippen LogP contribution in [0.4, 0.5) is 17.1 Å². The van der Waals surface area contributed by atoms with Gasteiger partial charge in [0.2, 0.25) is 0 Å². The van der Waals surface area contributed by atoms with Crippen LogP contribution in [0.25, 0.3) is 21.8 Å². The SMILES string of the molecule is Cc1ccc(N)cc1Nc1cccc2nc3ccccc3c(C)c12. The van der Waals surface area contributed by atoms with E-state index >= 15 is 0 Å². The quantitative estimate of drug-likeness (QED) is 0.388. The highest BCUT2D eigenvalue weighted by Gasteiger charge is 2.10. The fourth-order valence-electron chi connectivity index (χ4n) is 3.20. The number of fused-ring (bicyclic) bond motifs is 2. The number of hydrogen-bond donors (Lipinski definition) is 2. The van der Waals surface area contributed by atoms with Gasteiger partial charge in [0, 0.05) is 27.8 Å². The van der Waals surface area contributed by atoms with Crippen LogP contribution in [0.15, 0.2) is 60.7 Å². The van der Waals surface area contributed by atoms with E-state index in [1.807, 2.05) is 30.3 Å². The number of nitrogens with zero attached hydrogens (tertiary/aromatic N) is 1. The maximum absolute atomic E-state index is 5.95. The Morgan fingerprint density at radius 2 is 1.62 bits per heavy atom.